The number of likely N-dealkylation sites (N-methyl/N-ethyl adjacent to an activating group) is 1. The van der Waals surface area contributed by atoms with Gasteiger partial charge >= 0.3 is 0 Å². The van der Waals surface area contributed by atoms with Crippen LogP contribution in [-0.2, 0) is 17.6 Å². The summed E-state index contributed by atoms with van der Waals surface area (Å²) in [7, 11) is 1.68. The number of nitrogens with zero attached hydrogens (tertiary/aromatic N) is 1. The third-order valence-electron chi connectivity index (χ3n) is 4.73. The quantitative estimate of drug-likeness (QED) is 0.760. The maximum atomic E-state index is 12.7. The number of hydrogen-bond donors (Lipinski definition) is 1. The van der Waals surface area contributed by atoms with Crippen molar-refractivity contribution in [3.05, 3.63) is 49.6 Å². The Morgan fingerprint density at radius 1 is 1.35 bits per heavy atom. The predicted octanol–water partition coefficient (Wildman–Crippen LogP) is 4.65. The van der Waals surface area contributed by atoms with Gasteiger partial charge in [0, 0.05) is 22.1 Å². The highest BCUT2D eigenvalue weighted by Crippen LogP contribution is 2.32. The summed E-state index contributed by atoms with van der Waals surface area (Å²) in [6, 6.07) is 7.70. The first-order valence-electron chi connectivity index (χ1n) is 8.76. The van der Waals surface area contributed by atoms with E-state index < -0.39 is 0 Å². The SMILES string of the molecule is Cc1cc(Br)ccc1NC(=O)CN(C)C(=O)c1cc2c(s1)CC[C@@H](C)C2. The van der Waals surface area contributed by atoms with Gasteiger partial charge in [0.05, 0.1) is 11.4 Å². The number of fused-ring (bicyclic) bond motifs is 1. The van der Waals surface area contributed by atoms with E-state index in [0.717, 1.165) is 33.4 Å². The van der Waals surface area contributed by atoms with Crippen LogP contribution in [-0.4, -0.2) is 30.3 Å². The summed E-state index contributed by atoms with van der Waals surface area (Å²) in [5, 5.41) is 2.88. The highest BCUT2D eigenvalue weighted by Gasteiger charge is 2.23. The van der Waals surface area contributed by atoms with Crippen LogP contribution >= 0.6 is 27.3 Å². The van der Waals surface area contributed by atoms with Crippen LogP contribution in [0.2, 0.25) is 0 Å². The smallest absolute Gasteiger partial charge is 0.264 e. The highest BCUT2D eigenvalue weighted by molar-refractivity contribution is 9.10. The minimum atomic E-state index is -0.193. The molecule has 0 fully saturated rings. The number of carbonyl (C=O) groups excluding carboxylic acids is 2. The minimum Gasteiger partial charge on any atom is -0.332 e. The lowest BCUT2D eigenvalue weighted by molar-refractivity contribution is -0.116. The monoisotopic (exact) mass is 434 g/mol. The molecule has 0 unspecified atom stereocenters. The number of thiophene rings is 1. The van der Waals surface area contributed by atoms with Crippen LogP contribution in [0, 0.1) is 12.8 Å². The number of benzene rings is 1. The Morgan fingerprint density at radius 2 is 2.12 bits per heavy atom. The van der Waals surface area contributed by atoms with Gasteiger partial charge in [-0.05, 0) is 67.5 Å². The zero-order valence-electron chi connectivity index (χ0n) is 15.3. The van der Waals surface area contributed by atoms with E-state index in [4.69, 9.17) is 0 Å². The molecule has 26 heavy (non-hydrogen) atoms. The number of amides is 2. The van der Waals surface area contributed by atoms with Crippen molar-refractivity contribution < 1.29 is 9.59 Å². The zero-order chi connectivity index (χ0) is 18.8. The topological polar surface area (TPSA) is 49.4 Å². The molecule has 0 aliphatic heterocycles. The average molecular weight is 435 g/mol. The van der Waals surface area contributed by atoms with Gasteiger partial charge in [-0.1, -0.05) is 22.9 Å². The highest BCUT2D eigenvalue weighted by atomic mass is 79.9. The summed E-state index contributed by atoms with van der Waals surface area (Å²) in [6.07, 6.45) is 3.29. The van der Waals surface area contributed by atoms with Crippen LogP contribution < -0.4 is 5.32 Å². The lowest BCUT2D eigenvalue weighted by Crippen LogP contribution is -2.34. The second kappa shape index (κ2) is 7.92. The van der Waals surface area contributed by atoms with Crippen LogP contribution in [0.15, 0.2) is 28.7 Å². The Morgan fingerprint density at radius 3 is 2.85 bits per heavy atom. The molecule has 1 aromatic heterocycles. The van der Waals surface area contributed by atoms with E-state index in [-0.39, 0.29) is 18.4 Å². The van der Waals surface area contributed by atoms with E-state index in [1.54, 1.807) is 18.4 Å². The van der Waals surface area contributed by atoms with Crippen molar-refractivity contribution in [3.8, 4) is 0 Å². The van der Waals surface area contributed by atoms with Gasteiger partial charge in [-0.25, -0.2) is 0 Å². The van der Waals surface area contributed by atoms with E-state index in [1.165, 1.54) is 21.8 Å². The lowest BCUT2D eigenvalue weighted by atomic mass is 9.90. The van der Waals surface area contributed by atoms with Crippen LogP contribution in [0.3, 0.4) is 0 Å². The molecule has 0 radical (unpaired) electrons. The molecule has 2 amide bonds. The van der Waals surface area contributed by atoms with Gasteiger partial charge in [0.1, 0.15) is 0 Å². The fraction of sp³-hybridized carbons (Fsp3) is 0.400. The molecule has 1 atom stereocenters. The molecule has 0 spiro atoms. The molecular weight excluding hydrogens is 412 g/mol. The molecule has 1 N–H and O–H groups in total. The Hall–Kier alpha value is -1.66. The summed E-state index contributed by atoms with van der Waals surface area (Å²) in [6.45, 7) is 4.22. The number of rotatable bonds is 4. The summed E-state index contributed by atoms with van der Waals surface area (Å²) < 4.78 is 0.969. The molecule has 0 bridgehead atoms. The summed E-state index contributed by atoms with van der Waals surface area (Å²) in [5.74, 6) is 0.402. The van der Waals surface area contributed by atoms with Crippen molar-refractivity contribution in [1.29, 1.82) is 0 Å². The first kappa shape index (κ1) is 19.1. The Balaban J connectivity index is 1.63. The van der Waals surface area contributed by atoms with Crippen LogP contribution in [0.25, 0.3) is 0 Å². The normalized spacial score (nSPS) is 16.1. The minimum absolute atomic E-state index is 0.0350. The van der Waals surface area contributed by atoms with Crippen molar-refractivity contribution in [2.75, 3.05) is 18.9 Å². The Kier molecular flexibility index (Phi) is 5.82. The molecular formula is C20H23BrN2O2S. The second-order valence-corrected chi connectivity index (χ2v) is 9.13. The van der Waals surface area contributed by atoms with E-state index >= 15 is 0 Å². The molecule has 0 saturated carbocycles. The van der Waals surface area contributed by atoms with Crippen LogP contribution in [0.4, 0.5) is 5.69 Å². The molecule has 1 heterocycles. The Bertz CT molecular complexity index is 846. The van der Waals surface area contributed by atoms with Gasteiger partial charge in [0.15, 0.2) is 0 Å². The molecule has 3 rings (SSSR count). The van der Waals surface area contributed by atoms with Gasteiger partial charge in [0.25, 0.3) is 5.91 Å². The van der Waals surface area contributed by atoms with Crippen LogP contribution in [0.5, 0.6) is 0 Å². The van der Waals surface area contributed by atoms with Crippen molar-refractivity contribution in [1.82, 2.24) is 4.90 Å². The number of aryl methyl sites for hydroxylation is 2. The number of carbonyl (C=O) groups is 2. The number of anilines is 1. The molecule has 2 aromatic rings. The number of nitrogens with one attached hydrogen (secondary N) is 1. The Labute approximate surface area is 166 Å². The zero-order valence-corrected chi connectivity index (χ0v) is 17.7. The van der Waals surface area contributed by atoms with Gasteiger partial charge in [-0.15, -0.1) is 11.3 Å². The summed E-state index contributed by atoms with van der Waals surface area (Å²) in [5.41, 5.74) is 3.04. The van der Waals surface area contributed by atoms with Gasteiger partial charge in [0.2, 0.25) is 5.91 Å². The molecule has 6 heteroatoms. The van der Waals surface area contributed by atoms with E-state index in [2.05, 4.69) is 28.2 Å². The van der Waals surface area contributed by atoms with E-state index in [1.807, 2.05) is 31.2 Å². The number of halogens is 1. The lowest BCUT2D eigenvalue weighted by Gasteiger charge is -2.16. The first-order valence-corrected chi connectivity index (χ1v) is 10.4. The fourth-order valence-electron chi connectivity index (χ4n) is 3.24. The fourth-order valence-corrected chi connectivity index (χ4v) is 4.92. The van der Waals surface area contributed by atoms with Crippen molar-refractivity contribution in [2.45, 2.75) is 33.1 Å². The van der Waals surface area contributed by atoms with Crippen molar-refractivity contribution in [3.63, 3.8) is 0 Å². The van der Waals surface area contributed by atoms with Crippen molar-refractivity contribution in [2.24, 2.45) is 5.92 Å². The van der Waals surface area contributed by atoms with Gasteiger partial charge < -0.3 is 10.2 Å². The number of hydrogen-bond acceptors (Lipinski definition) is 3. The van der Waals surface area contributed by atoms with E-state index in [0.29, 0.717) is 5.92 Å². The van der Waals surface area contributed by atoms with E-state index in [9.17, 15) is 9.59 Å². The molecule has 138 valence electrons. The standard InChI is InChI=1S/C20H23BrN2O2S/c1-12-4-7-17-14(8-12)10-18(26-17)20(25)23(3)11-19(24)22-16-6-5-15(21)9-13(16)2/h5-6,9-10,12H,4,7-8,11H2,1-3H3,(H,22,24)/t12-/m1/s1. The molecule has 1 aromatic carbocycles. The van der Waals surface area contributed by atoms with Gasteiger partial charge in [-0.3, -0.25) is 9.59 Å². The maximum Gasteiger partial charge on any atom is 0.264 e. The predicted molar refractivity (Wildman–Crippen MR) is 110 cm³/mol. The third-order valence-corrected chi connectivity index (χ3v) is 6.45. The summed E-state index contributed by atoms with van der Waals surface area (Å²) in [4.78, 5) is 28.6. The summed E-state index contributed by atoms with van der Waals surface area (Å²) >= 11 is 4.99. The van der Waals surface area contributed by atoms with Crippen LogP contribution in [0.1, 0.15) is 39.0 Å². The average Bonchev–Trinajstić information content (AvgIpc) is 2.99. The molecule has 1 aliphatic carbocycles. The third kappa shape index (κ3) is 4.35. The molecule has 1 aliphatic rings. The largest absolute Gasteiger partial charge is 0.332 e. The van der Waals surface area contributed by atoms with Crippen molar-refractivity contribution >= 4 is 44.8 Å². The maximum absolute atomic E-state index is 12.7. The molecule has 4 nitrogen and oxygen atoms in total. The first-order chi connectivity index (χ1) is 12.3. The molecule has 0 saturated heterocycles. The second-order valence-electron chi connectivity index (χ2n) is 7.08. The van der Waals surface area contributed by atoms with Gasteiger partial charge in [-0.2, -0.15) is 0 Å².